The fourth-order valence-electron chi connectivity index (χ4n) is 3.13. The largest absolute Gasteiger partial charge is 0.355 e. The molecular weight excluding hydrogens is 312 g/mol. The first kappa shape index (κ1) is 19.2. The normalized spacial score (nSPS) is 14.1. The molecule has 0 aromatic heterocycles. The molecule has 1 N–H and O–H groups in total. The molecule has 0 heterocycles. The van der Waals surface area contributed by atoms with E-state index in [4.69, 9.17) is 0 Å². The lowest BCUT2D eigenvalue weighted by Crippen LogP contribution is -2.39. The number of carbonyl (C=O) groups is 2. The zero-order valence-electron chi connectivity index (χ0n) is 15.5. The lowest BCUT2D eigenvalue weighted by Gasteiger charge is -2.27. The standard InChI is InChI=1S/C21H30N2O2/c1-17(2)23(16-19-11-7-4-8-12-19)21(25)15-20(24)22-14-13-18-9-5-3-6-10-18/h4,7-9,11-12,17H,3,5-6,10,13-16H2,1-2H3,(H,22,24). The van der Waals surface area contributed by atoms with Gasteiger partial charge in [0.05, 0.1) is 0 Å². The predicted molar refractivity (Wildman–Crippen MR) is 101 cm³/mol. The molecule has 0 bridgehead atoms. The molecule has 1 aromatic carbocycles. The summed E-state index contributed by atoms with van der Waals surface area (Å²) in [6, 6.07) is 9.95. The van der Waals surface area contributed by atoms with E-state index in [1.807, 2.05) is 44.2 Å². The van der Waals surface area contributed by atoms with E-state index in [1.165, 1.54) is 18.4 Å². The highest BCUT2D eigenvalue weighted by Gasteiger charge is 2.20. The van der Waals surface area contributed by atoms with Crippen molar-refractivity contribution >= 4 is 11.8 Å². The van der Waals surface area contributed by atoms with E-state index < -0.39 is 0 Å². The van der Waals surface area contributed by atoms with Crippen LogP contribution in [0.1, 0.15) is 57.9 Å². The van der Waals surface area contributed by atoms with E-state index in [0.29, 0.717) is 13.1 Å². The van der Waals surface area contributed by atoms with Crippen molar-refractivity contribution in [3.8, 4) is 0 Å². The summed E-state index contributed by atoms with van der Waals surface area (Å²) in [5, 5.41) is 2.89. The van der Waals surface area contributed by atoms with Crippen molar-refractivity contribution in [1.29, 1.82) is 0 Å². The van der Waals surface area contributed by atoms with E-state index in [-0.39, 0.29) is 24.3 Å². The van der Waals surface area contributed by atoms with Gasteiger partial charge in [-0.3, -0.25) is 9.59 Å². The first-order valence-corrected chi connectivity index (χ1v) is 9.34. The van der Waals surface area contributed by atoms with Crippen LogP contribution in [-0.2, 0) is 16.1 Å². The van der Waals surface area contributed by atoms with Crippen molar-refractivity contribution in [3.63, 3.8) is 0 Å². The van der Waals surface area contributed by atoms with Gasteiger partial charge in [0.25, 0.3) is 0 Å². The summed E-state index contributed by atoms with van der Waals surface area (Å²) in [5.41, 5.74) is 2.51. The van der Waals surface area contributed by atoms with Crippen molar-refractivity contribution < 1.29 is 9.59 Å². The van der Waals surface area contributed by atoms with Crippen LogP contribution in [0.2, 0.25) is 0 Å². The number of nitrogens with one attached hydrogen (secondary N) is 1. The van der Waals surface area contributed by atoms with E-state index in [1.54, 1.807) is 4.90 Å². The first-order valence-electron chi connectivity index (χ1n) is 9.34. The Kier molecular flexibility index (Phi) is 7.71. The summed E-state index contributed by atoms with van der Waals surface area (Å²) in [7, 11) is 0. The second kappa shape index (κ2) is 10.0. The number of nitrogens with zero attached hydrogens (tertiary/aromatic N) is 1. The van der Waals surface area contributed by atoms with E-state index >= 15 is 0 Å². The Bertz CT molecular complexity index is 593. The molecule has 1 aromatic rings. The van der Waals surface area contributed by atoms with Crippen LogP contribution in [0.4, 0.5) is 0 Å². The molecule has 4 heteroatoms. The lowest BCUT2D eigenvalue weighted by atomic mass is 9.97. The lowest BCUT2D eigenvalue weighted by molar-refractivity contribution is -0.137. The fourth-order valence-corrected chi connectivity index (χ4v) is 3.13. The maximum atomic E-state index is 12.5. The minimum absolute atomic E-state index is 0.0629. The first-order chi connectivity index (χ1) is 12.1. The Hall–Kier alpha value is -2.10. The maximum absolute atomic E-state index is 12.5. The van der Waals surface area contributed by atoms with Crippen LogP contribution in [0.25, 0.3) is 0 Å². The Morgan fingerprint density at radius 1 is 1.16 bits per heavy atom. The van der Waals surface area contributed by atoms with Crippen molar-refractivity contribution in [2.24, 2.45) is 0 Å². The zero-order valence-corrected chi connectivity index (χ0v) is 15.5. The molecule has 0 spiro atoms. The quantitative estimate of drug-likeness (QED) is 0.577. The number of rotatable bonds is 8. The van der Waals surface area contributed by atoms with Gasteiger partial charge in [-0.2, -0.15) is 0 Å². The minimum atomic E-state index is -0.180. The molecule has 2 amide bonds. The summed E-state index contributed by atoms with van der Waals surface area (Å²) in [6.45, 7) is 5.12. The number of hydrogen-bond donors (Lipinski definition) is 1. The van der Waals surface area contributed by atoms with Gasteiger partial charge in [-0.25, -0.2) is 0 Å². The number of benzene rings is 1. The molecule has 0 radical (unpaired) electrons. The topological polar surface area (TPSA) is 49.4 Å². The molecule has 0 aliphatic heterocycles. The highest BCUT2D eigenvalue weighted by Crippen LogP contribution is 2.19. The summed E-state index contributed by atoms with van der Waals surface area (Å²) in [4.78, 5) is 26.4. The van der Waals surface area contributed by atoms with Gasteiger partial charge in [0.15, 0.2) is 0 Å². The van der Waals surface area contributed by atoms with Crippen LogP contribution >= 0.6 is 0 Å². The fraction of sp³-hybridized carbons (Fsp3) is 0.524. The van der Waals surface area contributed by atoms with Crippen LogP contribution in [0.5, 0.6) is 0 Å². The molecule has 136 valence electrons. The highest BCUT2D eigenvalue weighted by atomic mass is 16.2. The molecule has 0 atom stereocenters. The highest BCUT2D eigenvalue weighted by molar-refractivity contribution is 5.96. The summed E-state index contributed by atoms with van der Waals surface area (Å²) >= 11 is 0. The molecule has 0 unspecified atom stereocenters. The average Bonchev–Trinajstić information content (AvgIpc) is 2.61. The maximum Gasteiger partial charge on any atom is 0.232 e. The molecule has 4 nitrogen and oxygen atoms in total. The third-order valence-corrected chi connectivity index (χ3v) is 4.60. The van der Waals surface area contributed by atoms with E-state index in [2.05, 4.69) is 11.4 Å². The SMILES string of the molecule is CC(C)N(Cc1ccccc1)C(=O)CC(=O)NCCC1=CCCCC1. The van der Waals surface area contributed by atoms with E-state index in [9.17, 15) is 9.59 Å². The minimum Gasteiger partial charge on any atom is -0.355 e. The van der Waals surface area contributed by atoms with Gasteiger partial charge in [-0.1, -0.05) is 42.0 Å². The Morgan fingerprint density at radius 2 is 1.92 bits per heavy atom. The molecule has 0 saturated carbocycles. The summed E-state index contributed by atoms with van der Waals surface area (Å²) in [6.07, 6.45) is 7.94. The molecular formula is C21H30N2O2. The van der Waals surface area contributed by atoms with Crippen molar-refractivity contribution in [2.45, 2.75) is 65.0 Å². The number of hydrogen-bond acceptors (Lipinski definition) is 2. The predicted octanol–water partition coefficient (Wildman–Crippen LogP) is 3.82. The molecule has 0 saturated heterocycles. The van der Waals surface area contributed by atoms with Gasteiger partial charge in [-0.05, 0) is 51.5 Å². The molecule has 2 rings (SSSR count). The number of allylic oxidation sites excluding steroid dienone is 1. The van der Waals surface area contributed by atoms with Gasteiger partial charge in [0, 0.05) is 19.1 Å². The van der Waals surface area contributed by atoms with Gasteiger partial charge in [-0.15, -0.1) is 0 Å². The Labute approximate surface area is 151 Å². The van der Waals surface area contributed by atoms with Crippen LogP contribution in [0.15, 0.2) is 42.0 Å². The smallest absolute Gasteiger partial charge is 0.232 e. The third-order valence-electron chi connectivity index (χ3n) is 4.60. The second-order valence-corrected chi connectivity index (χ2v) is 6.99. The third kappa shape index (κ3) is 6.73. The van der Waals surface area contributed by atoms with Crippen molar-refractivity contribution in [3.05, 3.63) is 47.5 Å². The Balaban J connectivity index is 1.78. The molecule has 25 heavy (non-hydrogen) atoms. The average molecular weight is 342 g/mol. The van der Waals surface area contributed by atoms with Crippen molar-refractivity contribution in [2.75, 3.05) is 6.54 Å². The van der Waals surface area contributed by atoms with Crippen LogP contribution in [0.3, 0.4) is 0 Å². The van der Waals surface area contributed by atoms with Gasteiger partial charge in [0.2, 0.25) is 11.8 Å². The zero-order chi connectivity index (χ0) is 18.1. The molecule has 1 aliphatic rings. The van der Waals surface area contributed by atoms with Crippen LogP contribution < -0.4 is 5.32 Å². The Morgan fingerprint density at radius 3 is 2.56 bits per heavy atom. The monoisotopic (exact) mass is 342 g/mol. The van der Waals surface area contributed by atoms with Gasteiger partial charge >= 0.3 is 0 Å². The second-order valence-electron chi connectivity index (χ2n) is 6.99. The van der Waals surface area contributed by atoms with Crippen molar-refractivity contribution in [1.82, 2.24) is 10.2 Å². The van der Waals surface area contributed by atoms with Crippen LogP contribution in [0, 0.1) is 0 Å². The number of carbonyl (C=O) groups excluding carboxylic acids is 2. The van der Waals surface area contributed by atoms with Gasteiger partial charge < -0.3 is 10.2 Å². The summed E-state index contributed by atoms with van der Waals surface area (Å²) in [5.74, 6) is -0.298. The van der Waals surface area contributed by atoms with Gasteiger partial charge in [0.1, 0.15) is 6.42 Å². The summed E-state index contributed by atoms with van der Waals surface area (Å²) < 4.78 is 0. The molecule has 0 fully saturated rings. The molecule has 1 aliphatic carbocycles. The number of amides is 2. The van der Waals surface area contributed by atoms with Crippen LogP contribution in [-0.4, -0.2) is 29.3 Å². The van der Waals surface area contributed by atoms with E-state index in [0.717, 1.165) is 24.8 Å².